The first-order chi connectivity index (χ1) is 11.9. The van der Waals surface area contributed by atoms with Gasteiger partial charge in [0.05, 0.1) is 23.9 Å². The minimum atomic E-state index is -1.83. The first-order valence-corrected chi connectivity index (χ1v) is 9.19. The molecule has 0 bridgehead atoms. The maximum absolute atomic E-state index is 14.6. The van der Waals surface area contributed by atoms with Crippen molar-refractivity contribution in [3.63, 3.8) is 0 Å². The highest BCUT2D eigenvalue weighted by Gasteiger charge is 2.36. The predicted molar refractivity (Wildman–Crippen MR) is 95.5 cm³/mol. The van der Waals surface area contributed by atoms with Gasteiger partial charge in [0, 0.05) is 6.42 Å². The molecule has 3 rings (SSSR count). The molecule has 2 atom stereocenters. The Morgan fingerprint density at radius 2 is 2.32 bits per heavy atom. The van der Waals surface area contributed by atoms with Gasteiger partial charge in [0.2, 0.25) is 5.12 Å². The molecule has 2 aliphatic heterocycles. The monoisotopic (exact) mass is 384 g/mol. The van der Waals surface area contributed by atoms with Gasteiger partial charge in [0.15, 0.2) is 0 Å². The Kier molecular flexibility index (Phi) is 5.41. The van der Waals surface area contributed by atoms with E-state index in [1.165, 1.54) is 11.0 Å². The van der Waals surface area contributed by atoms with Crippen LogP contribution in [0.3, 0.4) is 0 Å². The summed E-state index contributed by atoms with van der Waals surface area (Å²) < 4.78 is 19.7. The lowest BCUT2D eigenvalue weighted by Gasteiger charge is -2.32. The van der Waals surface area contributed by atoms with Crippen LogP contribution >= 0.6 is 24.0 Å². The number of carbonyl (C=O) groups excluding carboxylic acids is 1. The van der Waals surface area contributed by atoms with Crippen molar-refractivity contribution in [1.29, 1.82) is 0 Å². The topological polar surface area (TPSA) is 82.4 Å². The minimum Gasteiger partial charge on any atom is -0.442 e. The number of thioether (sulfide) groups is 1. The summed E-state index contributed by atoms with van der Waals surface area (Å²) >= 11 is 5.54. The highest BCUT2D eigenvalue weighted by atomic mass is 32.2. The van der Waals surface area contributed by atoms with E-state index in [2.05, 4.69) is 22.4 Å². The second-order valence-corrected chi connectivity index (χ2v) is 7.57. The summed E-state index contributed by atoms with van der Waals surface area (Å²) in [5.41, 5.74) is 0.815. The zero-order valence-corrected chi connectivity index (χ0v) is 14.9. The summed E-state index contributed by atoms with van der Waals surface area (Å²) in [6.45, 7) is 0.482. The number of aliphatic hydroxyl groups is 2. The summed E-state index contributed by atoms with van der Waals surface area (Å²) in [5, 5.41) is 19.9. The van der Waals surface area contributed by atoms with Gasteiger partial charge in [-0.15, -0.1) is 0 Å². The summed E-state index contributed by atoms with van der Waals surface area (Å²) in [4.78, 5) is 17.1. The van der Waals surface area contributed by atoms with Gasteiger partial charge in [-0.1, -0.05) is 17.8 Å². The molecule has 25 heavy (non-hydrogen) atoms. The van der Waals surface area contributed by atoms with Crippen molar-refractivity contribution in [1.82, 2.24) is 0 Å². The van der Waals surface area contributed by atoms with Crippen LogP contribution in [0.2, 0.25) is 0 Å². The molecule has 134 valence electrons. The Morgan fingerprint density at radius 3 is 3.00 bits per heavy atom. The molecule has 0 aliphatic carbocycles. The number of isothiocyanates is 1. The number of rotatable bonds is 4. The summed E-state index contributed by atoms with van der Waals surface area (Å²) in [7, 11) is 0. The van der Waals surface area contributed by atoms with E-state index in [1.54, 1.807) is 12.1 Å². The van der Waals surface area contributed by atoms with Gasteiger partial charge < -0.3 is 14.9 Å². The first kappa shape index (κ1) is 18.3. The highest BCUT2D eigenvalue weighted by molar-refractivity contribution is 8.00. The number of cyclic esters (lactones) is 1. The van der Waals surface area contributed by atoms with Gasteiger partial charge in [0.1, 0.15) is 11.9 Å². The number of thiocarbonyl (C=S) groups is 1. The van der Waals surface area contributed by atoms with Crippen LogP contribution in [0.5, 0.6) is 0 Å². The van der Waals surface area contributed by atoms with E-state index in [0.29, 0.717) is 23.4 Å². The van der Waals surface area contributed by atoms with Crippen molar-refractivity contribution >= 4 is 40.9 Å². The fraction of sp³-hybridized carbons (Fsp3) is 0.500. The molecule has 1 amide bonds. The molecule has 0 aromatic heterocycles. The number of ether oxygens (including phenoxy) is 1. The van der Waals surface area contributed by atoms with Crippen molar-refractivity contribution in [3.8, 4) is 0 Å². The summed E-state index contributed by atoms with van der Waals surface area (Å²) in [6.07, 6.45) is -0.272. The smallest absolute Gasteiger partial charge is 0.414 e. The summed E-state index contributed by atoms with van der Waals surface area (Å²) in [6, 6.07) is 4.51. The average molecular weight is 384 g/mol. The molecular weight excluding hydrogens is 367 g/mol. The molecule has 2 N–H and O–H groups in total. The molecule has 0 saturated carbocycles. The van der Waals surface area contributed by atoms with Crippen molar-refractivity contribution in [2.75, 3.05) is 23.7 Å². The van der Waals surface area contributed by atoms with Crippen LogP contribution < -0.4 is 4.90 Å². The predicted octanol–water partition coefficient (Wildman–Crippen LogP) is 2.50. The molecule has 0 spiro atoms. The molecule has 6 nitrogen and oxygen atoms in total. The Labute approximate surface area is 153 Å². The second-order valence-electron chi connectivity index (χ2n) is 6.04. The molecule has 2 saturated heterocycles. The lowest BCUT2D eigenvalue weighted by molar-refractivity contribution is -0.0887. The molecule has 2 aliphatic rings. The van der Waals surface area contributed by atoms with E-state index in [9.17, 15) is 19.4 Å². The van der Waals surface area contributed by atoms with E-state index in [1.807, 2.05) is 0 Å². The number of hydrogen-bond acceptors (Lipinski definition) is 7. The molecule has 1 aromatic rings. The normalized spacial score (nSPS) is 25.4. The average Bonchev–Trinajstić information content (AvgIpc) is 2.92. The number of anilines is 1. The van der Waals surface area contributed by atoms with E-state index >= 15 is 0 Å². The number of carbonyl (C=O) groups is 1. The number of halogens is 1. The zero-order valence-electron chi connectivity index (χ0n) is 13.2. The molecule has 2 fully saturated rings. The van der Waals surface area contributed by atoms with E-state index in [0.717, 1.165) is 11.8 Å². The van der Waals surface area contributed by atoms with Gasteiger partial charge >= 0.3 is 6.09 Å². The Bertz CT molecular complexity index is 724. The van der Waals surface area contributed by atoms with Crippen molar-refractivity contribution in [3.05, 3.63) is 29.6 Å². The number of amides is 1. The van der Waals surface area contributed by atoms with Gasteiger partial charge in [-0.3, -0.25) is 4.90 Å². The van der Waals surface area contributed by atoms with Crippen molar-refractivity contribution < 1.29 is 24.1 Å². The van der Waals surface area contributed by atoms with E-state index in [4.69, 9.17) is 4.74 Å². The third kappa shape index (κ3) is 4.19. The maximum atomic E-state index is 14.6. The third-order valence-electron chi connectivity index (χ3n) is 4.28. The third-order valence-corrected chi connectivity index (χ3v) is 5.48. The van der Waals surface area contributed by atoms with Gasteiger partial charge in [-0.2, -0.15) is 0 Å². The molecule has 1 unspecified atom stereocenters. The molecular formula is C16H17FN2O4S2. The van der Waals surface area contributed by atoms with Gasteiger partial charge in [-0.05, 0) is 48.0 Å². The first-order valence-electron chi connectivity index (χ1n) is 7.79. The highest BCUT2D eigenvalue weighted by Crippen LogP contribution is 2.41. The Morgan fingerprint density at radius 1 is 1.52 bits per heavy atom. The lowest BCUT2D eigenvalue weighted by atomic mass is 9.91. The summed E-state index contributed by atoms with van der Waals surface area (Å²) in [5.74, 6) is -0.210. The second kappa shape index (κ2) is 7.39. The van der Waals surface area contributed by atoms with Crippen molar-refractivity contribution in [2.24, 2.45) is 4.99 Å². The van der Waals surface area contributed by atoms with Crippen LogP contribution in [0.15, 0.2) is 23.2 Å². The number of benzene rings is 1. The van der Waals surface area contributed by atoms with Crippen LogP contribution in [-0.2, 0) is 4.74 Å². The fourth-order valence-corrected chi connectivity index (χ4v) is 4.22. The van der Waals surface area contributed by atoms with Gasteiger partial charge in [0.25, 0.3) is 0 Å². The Hall–Kier alpha value is -1.51. The van der Waals surface area contributed by atoms with Crippen LogP contribution in [-0.4, -0.2) is 51.5 Å². The fourth-order valence-electron chi connectivity index (χ4n) is 3.09. The van der Waals surface area contributed by atoms with Crippen LogP contribution in [0.4, 0.5) is 14.9 Å². The maximum Gasteiger partial charge on any atom is 0.414 e. The molecule has 9 heteroatoms. The number of aliphatic imine (C=N–C) groups is 1. The minimum absolute atomic E-state index is 0.0668. The van der Waals surface area contributed by atoms with Crippen LogP contribution in [0.25, 0.3) is 0 Å². The van der Waals surface area contributed by atoms with Crippen LogP contribution in [0, 0.1) is 5.82 Å². The zero-order chi connectivity index (χ0) is 18.0. The van der Waals surface area contributed by atoms with E-state index < -0.39 is 23.1 Å². The van der Waals surface area contributed by atoms with Crippen LogP contribution in [0.1, 0.15) is 24.3 Å². The molecule has 0 radical (unpaired) electrons. The van der Waals surface area contributed by atoms with Crippen molar-refractivity contribution in [2.45, 2.75) is 30.0 Å². The number of nitrogens with zero attached hydrogens (tertiary/aromatic N) is 2. The molecule has 2 heterocycles. The van der Waals surface area contributed by atoms with E-state index in [-0.39, 0.29) is 25.4 Å². The Balaban J connectivity index is 1.76. The van der Waals surface area contributed by atoms with Gasteiger partial charge in [-0.25, -0.2) is 14.2 Å². The number of hydrogen-bond donors (Lipinski definition) is 2. The quantitative estimate of drug-likeness (QED) is 0.472. The standard InChI is InChI=1S/C16H17FN2O4S2/c17-14-5-11(19-8-12(7-18-9-24)23-15(19)20)1-2-13(14)10-3-4-25-16(21,22)6-10/h1-2,5,10,12,21-22H,3-4,6-8H2/t10?,12-/m1/s1. The largest absolute Gasteiger partial charge is 0.442 e. The lowest BCUT2D eigenvalue weighted by Crippen LogP contribution is -2.31. The SMILES string of the molecule is O=C1O[C@H](CN=C=S)CN1c1ccc(C2CCSC(O)(O)C2)c(F)c1. The molecule has 1 aromatic carbocycles.